The molecule has 0 aromatic carbocycles. The average Bonchev–Trinajstić information content (AvgIpc) is 2.52. The summed E-state index contributed by atoms with van der Waals surface area (Å²) in [6, 6.07) is 4.32. The molecule has 0 radical (unpaired) electrons. The third-order valence-corrected chi connectivity index (χ3v) is 5.90. The van der Waals surface area contributed by atoms with Crippen LogP contribution >= 0.6 is 0 Å². The van der Waals surface area contributed by atoms with Crippen LogP contribution in [-0.4, -0.2) is 84.1 Å². The molecule has 9 heteroatoms. The summed E-state index contributed by atoms with van der Waals surface area (Å²) in [6.45, 7) is 15.4. The molecule has 2 fully saturated rings. The van der Waals surface area contributed by atoms with E-state index >= 15 is 0 Å². The number of aromatic nitrogens is 1. The maximum absolute atomic E-state index is 12.0. The van der Waals surface area contributed by atoms with Gasteiger partial charge in [-0.2, -0.15) is 4.31 Å². The van der Waals surface area contributed by atoms with Crippen molar-refractivity contribution in [2.75, 3.05) is 32.4 Å². The minimum absolute atomic E-state index is 0.0637. The summed E-state index contributed by atoms with van der Waals surface area (Å²) in [4.78, 5) is 17.8. The van der Waals surface area contributed by atoms with Crippen molar-refractivity contribution in [1.29, 1.82) is 0 Å². The summed E-state index contributed by atoms with van der Waals surface area (Å²) in [6.07, 6.45) is 4.55. The van der Waals surface area contributed by atoms with Crippen LogP contribution < -0.4 is 10.6 Å². The van der Waals surface area contributed by atoms with Gasteiger partial charge in [-0.3, -0.25) is 9.78 Å². The highest BCUT2D eigenvalue weighted by Crippen LogP contribution is 2.16. The molecule has 2 N–H and O–H groups in total. The van der Waals surface area contributed by atoms with E-state index in [0.29, 0.717) is 30.7 Å². The summed E-state index contributed by atoms with van der Waals surface area (Å²) in [5.41, 5.74) is 0.837. The Bertz CT molecular complexity index is 803. The van der Waals surface area contributed by atoms with Gasteiger partial charge in [0.1, 0.15) is 0 Å². The fourth-order valence-electron chi connectivity index (χ4n) is 3.43. The van der Waals surface area contributed by atoms with Crippen molar-refractivity contribution in [3.8, 4) is 0 Å². The largest absolute Gasteiger partial charge is 0.335 e. The summed E-state index contributed by atoms with van der Waals surface area (Å²) < 4.78 is 23.5. The van der Waals surface area contributed by atoms with Gasteiger partial charge in [0.25, 0.3) is 5.91 Å². The Labute approximate surface area is 181 Å². The van der Waals surface area contributed by atoms with Crippen LogP contribution in [0.5, 0.6) is 0 Å². The smallest absolute Gasteiger partial charge is 0.255 e. The van der Waals surface area contributed by atoms with Crippen LogP contribution in [0.15, 0.2) is 24.5 Å². The van der Waals surface area contributed by atoms with Crippen LogP contribution in [0, 0.1) is 0 Å². The molecule has 1 aromatic heterocycles. The number of hydrogen-bond acceptors (Lipinski definition) is 6. The van der Waals surface area contributed by atoms with E-state index in [1.807, 2.05) is 4.90 Å². The van der Waals surface area contributed by atoms with Gasteiger partial charge in [0.05, 0.1) is 11.8 Å². The molecule has 0 aliphatic carbocycles. The first-order chi connectivity index (χ1) is 13.6. The van der Waals surface area contributed by atoms with Crippen LogP contribution in [0.4, 0.5) is 0 Å². The number of carbonyl (C=O) groups excluding carboxylic acids is 1. The van der Waals surface area contributed by atoms with Crippen molar-refractivity contribution in [2.45, 2.75) is 64.7 Å². The van der Waals surface area contributed by atoms with Gasteiger partial charge in [0.15, 0.2) is 0 Å². The van der Waals surface area contributed by atoms with Gasteiger partial charge in [0, 0.05) is 61.7 Å². The SMILES string of the molecule is CC(C)(C)NC1CN(C(=O)c2cccnc2)C1.CC(C)(C)NC1CN(S(C)(=O)=O)C1. The summed E-state index contributed by atoms with van der Waals surface area (Å²) in [5.74, 6) is 0.0741. The standard InChI is InChI=1S/C13H19N3O.C8H18N2O2S/c1-13(2,3)15-11-8-16(9-11)12(17)10-5-4-6-14-7-10;1-8(2,3)9-7-5-10(6-7)13(4,11)12/h4-7,11,15H,8-9H2,1-3H3;7,9H,5-6H2,1-4H3. The Kier molecular flexibility index (Phi) is 7.66. The van der Waals surface area contributed by atoms with Gasteiger partial charge in [-0.05, 0) is 53.7 Å². The summed E-state index contributed by atoms with van der Waals surface area (Å²) >= 11 is 0. The van der Waals surface area contributed by atoms with E-state index < -0.39 is 10.0 Å². The highest BCUT2D eigenvalue weighted by atomic mass is 32.2. The fourth-order valence-corrected chi connectivity index (χ4v) is 4.33. The number of rotatable bonds is 4. The van der Waals surface area contributed by atoms with Gasteiger partial charge in [-0.15, -0.1) is 0 Å². The Balaban J connectivity index is 0.000000222. The van der Waals surface area contributed by atoms with Gasteiger partial charge in [-0.25, -0.2) is 8.42 Å². The van der Waals surface area contributed by atoms with Crippen LogP contribution in [0.25, 0.3) is 0 Å². The lowest BCUT2D eigenvalue weighted by Gasteiger charge is -2.43. The molecule has 2 aliphatic heterocycles. The maximum Gasteiger partial charge on any atom is 0.255 e. The second-order valence-electron chi connectivity index (χ2n) is 10.2. The lowest BCUT2D eigenvalue weighted by atomic mass is 10.0. The molecule has 0 bridgehead atoms. The first-order valence-electron chi connectivity index (χ1n) is 10.3. The van der Waals surface area contributed by atoms with E-state index in [9.17, 15) is 13.2 Å². The molecule has 0 unspecified atom stereocenters. The second-order valence-corrected chi connectivity index (χ2v) is 12.2. The van der Waals surface area contributed by atoms with Crippen molar-refractivity contribution in [1.82, 2.24) is 24.8 Å². The van der Waals surface area contributed by atoms with E-state index in [-0.39, 0.29) is 17.0 Å². The zero-order chi connectivity index (χ0) is 22.7. The molecule has 170 valence electrons. The zero-order valence-corrected chi connectivity index (χ0v) is 20.1. The Morgan fingerprint density at radius 2 is 1.50 bits per heavy atom. The number of nitrogens with one attached hydrogen (secondary N) is 2. The number of pyridine rings is 1. The second kappa shape index (κ2) is 9.30. The lowest BCUT2D eigenvalue weighted by molar-refractivity contribution is 0.0532. The molecule has 8 nitrogen and oxygen atoms in total. The van der Waals surface area contributed by atoms with Gasteiger partial charge in [0.2, 0.25) is 10.0 Å². The number of carbonyl (C=O) groups is 1. The molecule has 2 aliphatic rings. The van der Waals surface area contributed by atoms with Gasteiger partial charge in [-0.1, -0.05) is 0 Å². The highest BCUT2D eigenvalue weighted by Gasteiger charge is 2.35. The van der Waals surface area contributed by atoms with Crippen molar-refractivity contribution >= 4 is 15.9 Å². The van der Waals surface area contributed by atoms with Gasteiger partial charge < -0.3 is 15.5 Å². The number of amides is 1. The van der Waals surface area contributed by atoms with Crippen LogP contribution in [-0.2, 0) is 10.0 Å². The first kappa shape index (κ1) is 24.7. The monoisotopic (exact) mass is 439 g/mol. The summed E-state index contributed by atoms with van der Waals surface area (Å²) in [5, 5.41) is 6.83. The van der Waals surface area contributed by atoms with Crippen molar-refractivity contribution < 1.29 is 13.2 Å². The average molecular weight is 440 g/mol. The van der Waals surface area contributed by atoms with E-state index in [0.717, 1.165) is 13.1 Å². The third kappa shape index (κ3) is 7.94. The number of likely N-dealkylation sites (tertiary alicyclic amines) is 1. The van der Waals surface area contributed by atoms with Crippen LogP contribution in [0.3, 0.4) is 0 Å². The molecule has 0 atom stereocenters. The molecule has 1 amide bonds. The number of sulfonamides is 1. The molecule has 1 aromatic rings. The Hall–Kier alpha value is -1.55. The molecule has 3 rings (SSSR count). The quantitative estimate of drug-likeness (QED) is 0.735. The Morgan fingerprint density at radius 3 is 1.90 bits per heavy atom. The van der Waals surface area contributed by atoms with E-state index in [1.165, 1.54) is 10.6 Å². The van der Waals surface area contributed by atoms with Crippen molar-refractivity contribution in [3.05, 3.63) is 30.1 Å². The predicted molar refractivity (Wildman–Crippen MR) is 120 cm³/mol. The fraction of sp³-hybridized carbons (Fsp3) is 0.714. The number of hydrogen-bond donors (Lipinski definition) is 2. The molecular weight excluding hydrogens is 402 g/mol. The van der Waals surface area contributed by atoms with Crippen molar-refractivity contribution in [2.24, 2.45) is 0 Å². The summed E-state index contributed by atoms with van der Waals surface area (Å²) in [7, 11) is -2.96. The van der Waals surface area contributed by atoms with E-state index in [4.69, 9.17) is 0 Å². The zero-order valence-electron chi connectivity index (χ0n) is 19.3. The maximum atomic E-state index is 12.0. The topological polar surface area (TPSA) is 94.6 Å². The molecular formula is C21H37N5O3S. The van der Waals surface area contributed by atoms with Crippen LogP contribution in [0.1, 0.15) is 51.9 Å². The van der Waals surface area contributed by atoms with Crippen LogP contribution in [0.2, 0.25) is 0 Å². The molecule has 30 heavy (non-hydrogen) atoms. The molecule has 0 saturated carbocycles. The predicted octanol–water partition coefficient (Wildman–Crippen LogP) is 1.31. The number of nitrogens with zero attached hydrogens (tertiary/aromatic N) is 3. The van der Waals surface area contributed by atoms with Crippen molar-refractivity contribution in [3.63, 3.8) is 0 Å². The minimum Gasteiger partial charge on any atom is -0.335 e. The normalized spacial score (nSPS) is 18.8. The lowest BCUT2D eigenvalue weighted by Crippen LogP contribution is -2.63. The third-order valence-electron chi connectivity index (χ3n) is 4.67. The molecule has 0 spiro atoms. The van der Waals surface area contributed by atoms with Gasteiger partial charge >= 0.3 is 0 Å². The first-order valence-corrected chi connectivity index (χ1v) is 12.2. The minimum atomic E-state index is -2.96. The molecule has 3 heterocycles. The van der Waals surface area contributed by atoms with E-state index in [2.05, 4.69) is 57.2 Å². The van der Waals surface area contributed by atoms with E-state index in [1.54, 1.807) is 24.5 Å². The molecule has 2 saturated heterocycles. The highest BCUT2D eigenvalue weighted by molar-refractivity contribution is 7.88. The Morgan fingerprint density at radius 1 is 1.00 bits per heavy atom.